The lowest BCUT2D eigenvalue weighted by Gasteiger charge is -2.24. The summed E-state index contributed by atoms with van der Waals surface area (Å²) < 4.78 is 5.41. The number of aromatic nitrogens is 1. The summed E-state index contributed by atoms with van der Waals surface area (Å²) in [6.07, 6.45) is 1.95. The van der Waals surface area contributed by atoms with E-state index >= 15 is 0 Å². The molecule has 0 saturated carbocycles. The van der Waals surface area contributed by atoms with Crippen molar-refractivity contribution in [2.75, 3.05) is 31.6 Å². The standard InChI is InChI=1S/C14H23N3O/c1-14(2,3)11-4-5-13(16-8-11)17-9-12-10-18-7-6-15-12/h4-5,8,12,15H,6-7,9-10H2,1-3H3,(H,16,17). The number of morpholine rings is 1. The van der Waals surface area contributed by atoms with Crippen molar-refractivity contribution in [2.45, 2.75) is 32.2 Å². The monoisotopic (exact) mass is 249 g/mol. The van der Waals surface area contributed by atoms with Crippen LogP contribution in [0, 0.1) is 0 Å². The van der Waals surface area contributed by atoms with E-state index in [1.807, 2.05) is 12.3 Å². The van der Waals surface area contributed by atoms with Gasteiger partial charge in [-0.3, -0.25) is 0 Å². The van der Waals surface area contributed by atoms with Gasteiger partial charge in [0.15, 0.2) is 0 Å². The molecular weight excluding hydrogens is 226 g/mol. The highest BCUT2D eigenvalue weighted by Gasteiger charge is 2.15. The Kier molecular flexibility index (Phi) is 4.19. The second kappa shape index (κ2) is 5.67. The molecule has 18 heavy (non-hydrogen) atoms. The van der Waals surface area contributed by atoms with Gasteiger partial charge in [-0.05, 0) is 17.0 Å². The third kappa shape index (κ3) is 3.68. The van der Waals surface area contributed by atoms with Crippen LogP contribution in [0.1, 0.15) is 26.3 Å². The van der Waals surface area contributed by atoms with Gasteiger partial charge in [-0.1, -0.05) is 26.8 Å². The van der Waals surface area contributed by atoms with Crippen molar-refractivity contribution in [3.8, 4) is 0 Å². The van der Waals surface area contributed by atoms with Crippen molar-refractivity contribution in [2.24, 2.45) is 0 Å². The van der Waals surface area contributed by atoms with E-state index in [1.165, 1.54) is 5.56 Å². The number of nitrogens with zero attached hydrogens (tertiary/aromatic N) is 1. The van der Waals surface area contributed by atoms with Crippen LogP contribution in [0.5, 0.6) is 0 Å². The van der Waals surface area contributed by atoms with Crippen LogP contribution in [0.15, 0.2) is 18.3 Å². The van der Waals surface area contributed by atoms with Crippen LogP contribution in [-0.4, -0.2) is 37.3 Å². The molecular formula is C14H23N3O. The van der Waals surface area contributed by atoms with Gasteiger partial charge in [0.05, 0.1) is 13.2 Å². The zero-order valence-electron chi connectivity index (χ0n) is 11.5. The van der Waals surface area contributed by atoms with Crippen molar-refractivity contribution < 1.29 is 4.74 Å². The minimum atomic E-state index is 0.157. The highest BCUT2D eigenvalue weighted by Crippen LogP contribution is 2.21. The van der Waals surface area contributed by atoms with Crippen molar-refractivity contribution in [1.82, 2.24) is 10.3 Å². The largest absolute Gasteiger partial charge is 0.378 e. The summed E-state index contributed by atoms with van der Waals surface area (Å²) in [7, 11) is 0. The van der Waals surface area contributed by atoms with Crippen LogP contribution in [-0.2, 0) is 10.2 Å². The van der Waals surface area contributed by atoms with E-state index in [0.29, 0.717) is 6.04 Å². The van der Waals surface area contributed by atoms with E-state index in [4.69, 9.17) is 4.74 Å². The summed E-state index contributed by atoms with van der Waals surface area (Å²) in [4.78, 5) is 4.45. The average molecular weight is 249 g/mol. The molecule has 1 saturated heterocycles. The smallest absolute Gasteiger partial charge is 0.125 e. The highest BCUT2D eigenvalue weighted by atomic mass is 16.5. The van der Waals surface area contributed by atoms with Crippen molar-refractivity contribution in [1.29, 1.82) is 0 Å². The molecule has 4 heteroatoms. The van der Waals surface area contributed by atoms with Crippen LogP contribution in [0.3, 0.4) is 0 Å². The molecule has 1 aliphatic heterocycles. The lowest BCUT2D eigenvalue weighted by atomic mass is 9.88. The maximum Gasteiger partial charge on any atom is 0.125 e. The quantitative estimate of drug-likeness (QED) is 0.857. The van der Waals surface area contributed by atoms with Gasteiger partial charge < -0.3 is 15.4 Å². The van der Waals surface area contributed by atoms with Gasteiger partial charge in [-0.15, -0.1) is 0 Å². The summed E-state index contributed by atoms with van der Waals surface area (Å²) in [6, 6.07) is 4.56. The van der Waals surface area contributed by atoms with Gasteiger partial charge in [0.1, 0.15) is 5.82 Å². The number of nitrogens with one attached hydrogen (secondary N) is 2. The van der Waals surface area contributed by atoms with Crippen LogP contribution >= 0.6 is 0 Å². The maximum atomic E-state index is 5.41. The molecule has 100 valence electrons. The molecule has 1 fully saturated rings. The first-order valence-electron chi connectivity index (χ1n) is 6.57. The number of hydrogen-bond acceptors (Lipinski definition) is 4. The van der Waals surface area contributed by atoms with Gasteiger partial charge in [-0.2, -0.15) is 0 Å². The third-order valence-corrected chi connectivity index (χ3v) is 3.16. The zero-order chi connectivity index (χ0) is 13.0. The summed E-state index contributed by atoms with van der Waals surface area (Å²) in [6.45, 7) is 9.95. The summed E-state index contributed by atoms with van der Waals surface area (Å²) in [5.41, 5.74) is 1.41. The predicted molar refractivity (Wildman–Crippen MR) is 74.0 cm³/mol. The Bertz CT molecular complexity index is 364. The molecule has 0 aromatic carbocycles. The van der Waals surface area contributed by atoms with Crippen LogP contribution < -0.4 is 10.6 Å². The molecule has 1 aromatic heterocycles. The first-order valence-corrected chi connectivity index (χ1v) is 6.57. The average Bonchev–Trinajstić information content (AvgIpc) is 2.37. The molecule has 1 aliphatic rings. The number of ether oxygens (including phenoxy) is 1. The van der Waals surface area contributed by atoms with E-state index in [9.17, 15) is 0 Å². The molecule has 1 aromatic rings. The fraction of sp³-hybridized carbons (Fsp3) is 0.643. The molecule has 2 N–H and O–H groups in total. The predicted octanol–water partition coefficient (Wildman–Crippen LogP) is 1.78. The first-order chi connectivity index (χ1) is 8.55. The van der Waals surface area contributed by atoms with Crippen LogP contribution in [0.4, 0.5) is 5.82 Å². The Morgan fingerprint density at radius 1 is 1.44 bits per heavy atom. The molecule has 2 heterocycles. The lowest BCUT2D eigenvalue weighted by Crippen LogP contribution is -2.45. The number of anilines is 1. The van der Waals surface area contributed by atoms with Gasteiger partial charge in [0.2, 0.25) is 0 Å². The third-order valence-electron chi connectivity index (χ3n) is 3.16. The van der Waals surface area contributed by atoms with E-state index in [0.717, 1.165) is 32.1 Å². The van der Waals surface area contributed by atoms with Gasteiger partial charge in [0.25, 0.3) is 0 Å². The zero-order valence-corrected chi connectivity index (χ0v) is 11.5. The normalized spacial score (nSPS) is 20.7. The summed E-state index contributed by atoms with van der Waals surface area (Å²) in [5, 5.41) is 6.75. The van der Waals surface area contributed by atoms with E-state index in [1.54, 1.807) is 0 Å². The minimum absolute atomic E-state index is 0.157. The molecule has 0 aliphatic carbocycles. The van der Waals surface area contributed by atoms with E-state index < -0.39 is 0 Å². The van der Waals surface area contributed by atoms with Crippen molar-refractivity contribution >= 4 is 5.82 Å². The first kappa shape index (κ1) is 13.3. The fourth-order valence-electron chi connectivity index (χ4n) is 1.92. The van der Waals surface area contributed by atoms with E-state index in [2.05, 4.69) is 42.5 Å². The Hall–Kier alpha value is -1.13. The number of rotatable bonds is 3. The molecule has 1 atom stereocenters. The molecule has 0 radical (unpaired) electrons. The van der Waals surface area contributed by atoms with Gasteiger partial charge >= 0.3 is 0 Å². The topological polar surface area (TPSA) is 46.2 Å². The van der Waals surface area contributed by atoms with Gasteiger partial charge in [-0.25, -0.2) is 4.98 Å². The summed E-state index contributed by atoms with van der Waals surface area (Å²) in [5.74, 6) is 0.926. The van der Waals surface area contributed by atoms with Gasteiger partial charge in [0, 0.05) is 25.3 Å². The molecule has 0 amide bonds. The maximum absolute atomic E-state index is 5.41. The van der Waals surface area contributed by atoms with Crippen molar-refractivity contribution in [3.63, 3.8) is 0 Å². The Labute approximate surface area is 109 Å². The fourth-order valence-corrected chi connectivity index (χ4v) is 1.92. The second-order valence-electron chi connectivity index (χ2n) is 5.79. The molecule has 4 nitrogen and oxygen atoms in total. The molecule has 0 bridgehead atoms. The van der Waals surface area contributed by atoms with E-state index in [-0.39, 0.29) is 5.41 Å². The second-order valence-corrected chi connectivity index (χ2v) is 5.79. The molecule has 2 rings (SSSR count). The van der Waals surface area contributed by atoms with Crippen molar-refractivity contribution in [3.05, 3.63) is 23.9 Å². The minimum Gasteiger partial charge on any atom is -0.378 e. The Morgan fingerprint density at radius 2 is 2.28 bits per heavy atom. The summed E-state index contributed by atoms with van der Waals surface area (Å²) >= 11 is 0. The molecule has 1 unspecified atom stereocenters. The SMILES string of the molecule is CC(C)(C)c1ccc(NCC2COCCN2)nc1. The highest BCUT2D eigenvalue weighted by molar-refractivity contribution is 5.37. The Balaban J connectivity index is 1.86. The molecule has 0 spiro atoms. The Morgan fingerprint density at radius 3 is 2.83 bits per heavy atom. The van der Waals surface area contributed by atoms with Crippen LogP contribution in [0.2, 0.25) is 0 Å². The lowest BCUT2D eigenvalue weighted by molar-refractivity contribution is 0.0806. The van der Waals surface area contributed by atoms with Crippen LogP contribution in [0.25, 0.3) is 0 Å². The number of pyridine rings is 1. The number of hydrogen-bond donors (Lipinski definition) is 2.